The molecule has 1 fully saturated rings. The van der Waals surface area contributed by atoms with Gasteiger partial charge in [-0.2, -0.15) is 0 Å². The fraction of sp³-hybridized carbons (Fsp3) is 0.583. The van der Waals surface area contributed by atoms with Crippen molar-refractivity contribution in [2.24, 2.45) is 0 Å². The molecule has 0 aromatic carbocycles. The van der Waals surface area contributed by atoms with Gasteiger partial charge in [0.05, 0.1) is 0 Å². The van der Waals surface area contributed by atoms with E-state index in [0.717, 1.165) is 38.2 Å². The van der Waals surface area contributed by atoms with Gasteiger partial charge >= 0.3 is 0 Å². The van der Waals surface area contributed by atoms with Crippen molar-refractivity contribution in [2.45, 2.75) is 32.3 Å². The van der Waals surface area contributed by atoms with Crippen molar-refractivity contribution in [3.63, 3.8) is 0 Å². The van der Waals surface area contributed by atoms with Gasteiger partial charge in [0.15, 0.2) is 0 Å². The normalized spacial score (nSPS) is 20.5. The van der Waals surface area contributed by atoms with E-state index in [1.165, 1.54) is 5.56 Å². The van der Waals surface area contributed by atoms with Crippen molar-refractivity contribution in [1.29, 1.82) is 0 Å². The average molecular weight is 206 g/mol. The molecule has 1 aromatic heterocycles. The van der Waals surface area contributed by atoms with Crippen molar-refractivity contribution in [1.82, 2.24) is 10.3 Å². The van der Waals surface area contributed by atoms with Gasteiger partial charge in [-0.15, -0.1) is 0 Å². The van der Waals surface area contributed by atoms with Crippen LogP contribution in [0.2, 0.25) is 0 Å². The summed E-state index contributed by atoms with van der Waals surface area (Å²) in [6.45, 7) is 4.17. The van der Waals surface area contributed by atoms with Crippen LogP contribution < -0.4 is 10.1 Å². The van der Waals surface area contributed by atoms with Crippen molar-refractivity contribution >= 4 is 0 Å². The summed E-state index contributed by atoms with van der Waals surface area (Å²) < 4.78 is 5.73. The number of rotatable bonds is 4. The highest BCUT2D eigenvalue weighted by Gasteiger charge is 2.15. The number of nitrogens with zero attached hydrogens (tertiary/aromatic N) is 1. The van der Waals surface area contributed by atoms with E-state index in [0.29, 0.717) is 6.10 Å². The van der Waals surface area contributed by atoms with Gasteiger partial charge < -0.3 is 10.1 Å². The standard InChI is InChI=1S/C12H18N2O/c1-2-3-10-4-5-12(14-8-10)15-11-6-7-13-9-11/h4-5,8,11,13H,2-3,6-7,9H2,1H3. The lowest BCUT2D eigenvalue weighted by Crippen LogP contribution is -2.20. The summed E-state index contributed by atoms with van der Waals surface area (Å²) in [6, 6.07) is 4.08. The zero-order valence-electron chi connectivity index (χ0n) is 9.20. The summed E-state index contributed by atoms with van der Waals surface area (Å²) in [5.41, 5.74) is 1.29. The zero-order chi connectivity index (χ0) is 10.5. The Bertz CT molecular complexity index is 291. The first kappa shape index (κ1) is 10.4. The summed E-state index contributed by atoms with van der Waals surface area (Å²) in [4.78, 5) is 4.31. The summed E-state index contributed by atoms with van der Waals surface area (Å²) in [5.74, 6) is 0.753. The molecule has 82 valence electrons. The number of hydrogen-bond donors (Lipinski definition) is 1. The van der Waals surface area contributed by atoms with Crippen LogP contribution in [0, 0.1) is 0 Å². The maximum Gasteiger partial charge on any atom is 0.213 e. The molecule has 0 saturated carbocycles. The second-order valence-electron chi connectivity index (χ2n) is 3.99. The maximum absolute atomic E-state index is 5.73. The molecule has 2 heterocycles. The highest BCUT2D eigenvalue weighted by Crippen LogP contribution is 2.13. The SMILES string of the molecule is CCCc1ccc(OC2CCNC2)nc1. The van der Waals surface area contributed by atoms with Crippen LogP contribution in [0.5, 0.6) is 5.88 Å². The first-order valence-electron chi connectivity index (χ1n) is 5.71. The number of ether oxygens (including phenoxy) is 1. The lowest BCUT2D eigenvalue weighted by atomic mass is 10.2. The maximum atomic E-state index is 5.73. The molecular weight excluding hydrogens is 188 g/mol. The monoisotopic (exact) mass is 206 g/mol. The minimum atomic E-state index is 0.300. The Morgan fingerprint density at radius 3 is 3.07 bits per heavy atom. The number of aromatic nitrogens is 1. The zero-order valence-corrected chi connectivity index (χ0v) is 9.20. The van der Waals surface area contributed by atoms with Crippen molar-refractivity contribution < 1.29 is 4.74 Å². The second kappa shape index (κ2) is 5.12. The highest BCUT2D eigenvalue weighted by atomic mass is 16.5. The number of pyridine rings is 1. The summed E-state index contributed by atoms with van der Waals surface area (Å²) in [7, 11) is 0. The molecular formula is C12H18N2O. The third-order valence-corrected chi connectivity index (χ3v) is 2.64. The van der Waals surface area contributed by atoms with E-state index < -0.39 is 0 Å². The predicted octanol–water partition coefficient (Wildman–Crippen LogP) is 1.77. The van der Waals surface area contributed by atoms with Gasteiger partial charge in [0.1, 0.15) is 6.10 Å². The van der Waals surface area contributed by atoms with E-state index >= 15 is 0 Å². The first-order valence-corrected chi connectivity index (χ1v) is 5.71. The Hall–Kier alpha value is -1.09. The largest absolute Gasteiger partial charge is 0.473 e. The van der Waals surface area contributed by atoms with Crippen LogP contribution >= 0.6 is 0 Å². The summed E-state index contributed by atoms with van der Waals surface area (Å²) in [6.07, 6.45) is 5.56. The van der Waals surface area contributed by atoms with Crippen molar-refractivity contribution in [3.05, 3.63) is 23.9 Å². The van der Waals surface area contributed by atoms with E-state index in [1.54, 1.807) is 0 Å². The van der Waals surface area contributed by atoms with E-state index in [-0.39, 0.29) is 0 Å². The van der Waals surface area contributed by atoms with Gasteiger partial charge in [0.2, 0.25) is 5.88 Å². The number of nitrogens with one attached hydrogen (secondary N) is 1. The Kier molecular flexibility index (Phi) is 3.56. The van der Waals surface area contributed by atoms with Crippen molar-refractivity contribution in [3.8, 4) is 5.88 Å². The molecule has 0 amide bonds. The molecule has 15 heavy (non-hydrogen) atoms. The molecule has 1 aliphatic heterocycles. The smallest absolute Gasteiger partial charge is 0.213 e. The van der Waals surface area contributed by atoms with Gasteiger partial charge in [0, 0.05) is 18.8 Å². The quantitative estimate of drug-likeness (QED) is 0.815. The van der Waals surface area contributed by atoms with E-state index in [9.17, 15) is 0 Å². The van der Waals surface area contributed by atoms with Crippen LogP contribution in [0.25, 0.3) is 0 Å². The lowest BCUT2D eigenvalue weighted by Gasteiger charge is -2.11. The topological polar surface area (TPSA) is 34.1 Å². The second-order valence-corrected chi connectivity index (χ2v) is 3.99. The van der Waals surface area contributed by atoms with Gasteiger partial charge in [-0.25, -0.2) is 4.98 Å². The average Bonchev–Trinajstić information content (AvgIpc) is 2.74. The Labute approximate surface area is 90.9 Å². The third kappa shape index (κ3) is 2.93. The molecule has 0 radical (unpaired) electrons. The molecule has 3 nitrogen and oxygen atoms in total. The molecule has 0 bridgehead atoms. The predicted molar refractivity (Wildman–Crippen MR) is 60.1 cm³/mol. The third-order valence-electron chi connectivity index (χ3n) is 2.64. The molecule has 1 saturated heterocycles. The first-order chi connectivity index (χ1) is 7.38. The van der Waals surface area contributed by atoms with Gasteiger partial charge in [0.25, 0.3) is 0 Å². The molecule has 0 spiro atoms. The minimum absolute atomic E-state index is 0.300. The summed E-state index contributed by atoms with van der Waals surface area (Å²) >= 11 is 0. The van der Waals surface area contributed by atoms with E-state index in [4.69, 9.17) is 4.74 Å². The van der Waals surface area contributed by atoms with E-state index in [2.05, 4.69) is 23.3 Å². The number of hydrogen-bond acceptors (Lipinski definition) is 3. The molecule has 1 atom stereocenters. The molecule has 3 heteroatoms. The molecule has 0 aliphatic carbocycles. The van der Waals surface area contributed by atoms with Crippen LogP contribution in [0.3, 0.4) is 0 Å². The Morgan fingerprint density at radius 2 is 2.47 bits per heavy atom. The molecule has 1 aromatic rings. The van der Waals surface area contributed by atoms with Gasteiger partial charge in [-0.05, 0) is 24.9 Å². The number of aryl methyl sites for hydroxylation is 1. The minimum Gasteiger partial charge on any atom is -0.473 e. The molecule has 1 aliphatic rings. The fourth-order valence-electron chi connectivity index (χ4n) is 1.82. The van der Waals surface area contributed by atoms with E-state index in [1.807, 2.05) is 12.3 Å². The molecule has 1 N–H and O–H groups in total. The highest BCUT2D eigenvalue weighted by molar-refractivity contribution is 5.18. The fourth-order valence-corrected chi connectivity index (χ4v) is 1.82. The van der Waals surface area contributed by atoms with Crippen LogP contribution in [0.15, 0.2) is 18.3 Å². The van der Waals surface area contributed by atoms with Crippen LogP contribution in [-0.4, -0.2) is 24.2 Å². The molecule has 2 rings (SSSR count). The Balaban J connectivity index is 1.91. The van der Waals surface area contributed by atoms with Crippen LogP contribution in [-0.2, 0) is 6.42 Å². The van der Waals surface area contributed by atoms with Crippen LogP contribution in [0.1, 0.15) is 25.3 Å². The van der Waals surface area contributed by atoms with Gasteiger partial charge in [-0.1, -0.05) is 19.4 Å². The molecule has 1 unspecified atom stereocenters. The summed E-state index contributed by atoms with van der Waals surface area (Å²) in [5, 5.41) is 3.27. The lowest BCUT2D eigenvalue weighted by molar-refractivity contribution is 0.214. The Morgan fingerprint density at radius 1 is 1.53 bits per heavy atom. The van der Waals surface area contributed by atoms with Crippen LogP contribution in [0.4, 0.5) is 0 Å². The van der Waals surface area contributed by atoms with Gasteiger partial charge in [-0.3, -0.25) is 0 Å². The van der Waals surface area contributed by atoms with Crippen molar-refractivity contribution in [2.75, 3.05) is 13.1 Å².